The molecule has 7 nitrogen and oxygen atoms in total. The van der Waals surface area contributed by atoms with Crippen molar-refractivity contribution in [2.75, 3.05) is 32.6 Å². The number of halogens is 1. The number of nitrogens with two attached hydrogens (primary N) is 1. The van der Waals surface area contributed by atoms with Crippen LogP contribution in [-0.4, -0.2) is 55.7 Å². The summed E-state index contributed by atoms with van der Waals surface area (Å²) in [4.78, 5) is 2.00. The van der Waals surface area contributed by atoms with Crippen LogP contribution in [0.2, 0.25) is 5.02 Å². The third-order valence-electron chi connectivity index (χ3n) is 2.59. The van der Waals surface area contributed by atoms with Crippen LogP contribution >= 0.6 is 11.6 Å². The molecule has 0 aliphatic heterocycles. The normalized spacial score (nSPS) is 14.0. The molecule has 0 saturated carbocycles. The van der Waals surface area contributed by atoms with Gasteiger partial charge in [0.1, 0.15) is 9.84 Å². The predicted molar refractivity (Wildman–Crippen MR) is 75.6 cm³/mol. The minimum absolute atomic E-state index is 0.128. The van der Waals surface area contributed by atoms with Crippen LogP contribution < -0.4 is 11.3 Å². The summed E-state index contributed by atoms with van der Waals surface area (Å²) in [6.07, 6.45) is 2.66. The van der Waals surface area contributed by atoms with E-state index in [2.05, 4.69) is 10.5 Å². The van der Waals surface area contributed by atoms with Crippen molar-refractivity contribution in [3.8, 4) is 0 Å². The number of likely N-dealkylation sites (N-methyl/N-ethyl adjacent to an activating group) is 1. The van der Waals surface area contributed by atoms with E-state index in [4.69, 9.17) is 17.4 Å². The third-order valence-corrected chi connectivity index (χ3v) is 3.82. The first-order valence-corrected chi connectivity index (χ1v) is 8.18. The molecule has 9 heteroatoms. The van der Waals surface area contributed by atoms with Crippen molar-refractivity contribution in [2.24, 2.45) is 5.84 Å². The molecule has 1 atom stereocenters. The lowest BCUT2D eigenvalue weighted by Crippen LogP contribution is -2.35. The molecule has 1 rings (SSSR count). The maximum atomic E-state index is 11.4. The summed E-state index contributed by atoms with van der Waals surface area (Å²) in [7, 11) is 0.710. The number of nitrogens with zero attached hydrogens (tertiary/aromatic N) is 3. The van der Waals surface area contributed by atoms with Gasteiger partial charge in [0.05, 0.1) is 35.3 Å². The Kier molecular flexibility index (Phi) is 5.75. The second kappa shape index (κ2) is 6.67. The van der Waals surface area contributed by atoms with Crippen LogP contribution in [0.15, 0.2) is 6.20 Å². The summed E-state index contributed by atoms with van der Waals surface area (Å²) in [6, 6.07) is -0.577. The van der Waals surface area contributed by atoms with Crippen molar-refractivity contribution in [3.63, 3.8) is 0 Å². The maximum Gasteiger partial charge on any atom is 0.149 e. The van der Waals surface area contributed by atoms with Crippen molar-refractivity contribution in [2.45, 2.75) is 12.6 Å². The van der Waals surface area contributed by atoms with Crippen molar-refractivity contribution >= 4 is 21.4 Å². The molecule has 1 aromatic heterocycles. The zero-order valence-corrected chi connectivity index (χ0v) is 12.9. The predicted octanol–water partition coefficient (Wildman–Crippen LogP) is -0.353. The van der Waals surface area contributed by atoms with E-state index >= 15 is 0 Å². The second-order valence-corrected chi connectivity index (χ2v) is 7.31. The number of sulfone groups is 1. The summed E-state index contributed by atoms with van der Waals surface area (Å²) in [5.41, 5.74) is 3.09. The smallest absolute Gasteiger partial charge is 0.149 e. The largest absolute Gasteiger partial charge is 0.308 e. The molecule has 19 heavy (non-hydrogen) atoms. The maximum absolute atomic E-state index is 11.4. The average molecular weight is 310 g/mol. The van der Waals surface area contributed by atoms with Gasteiger partial charge in [0.25, 0.3) is 0 Å². The lowest BCUT2D eigenvalue weighted by molar-refractivity contribution is 0.364. The molecule has 1 heterocycles. The highest BCUT2D eigenvalue weighted by Crippen LogP contribution is 2.23. The van der Waals surface area contributed by atoms with Gasteiger partial charge in [0, 0.05) is 12.8 Å². The lowest BCUT2D eigenvalue weighted by atomic mass is 10.2. The Labute approximate surface area is 118 Å². The van der Waals surface area contributed by atoms with E-state index in [0.717, 1.165) is 12.8 Å². The number of hydrazine groups is 1. The number of hydrogen-bond donors (Lipinski definition) is 2. The second-order valence-electron chi connectivity index (χ2n) is 4.72. The van der Waals surface area contributed by atoms with E-state index in [9.17, 15) is 8.42 Å². The van der Waals surface area contributed by atoms with E-state index in [0.29, 0.717) is 17.3 Å². The molecule has 0 aliphatic carbocycles. The van der Waals surface area contributed by atoms with E-state index in [1.807, 2.05) is 19.0 Å². The molecule has 1 unspecified atom stereocenters. The summed E-state index contributed by atoms with van der Waals surface area (Å²) in [5.74, 6) is 5.31. The molecule has 0 spiro atoms. The Morgan fingerprint density at radius 3 is 2.68 bits per heavy atom. The Hall–Kier alpha value is -0.670. The molecular weight excluding hydrogens is 290 g/mol. The summed E-state index contributed by atoms with van der Waals surface area (Å²) >= 11 is 6.08. The van der Waals surface area contributed by atoms with Gasteiger partial charge in [-0.05, 0) is 14.1 Å². The first-order valence-electron chi connectivity index (χ1n) is 5.74. The molecular formula is C10H20ClN5O2S. The molecule has 0 aromatic carbocycles. The van der Waals surface area contributed by atoms with E-state index in [1.54, 1.807) is 4.68 Å². The topological polar surface area (TPSA) is 93.2 Å². The number of rotatable bonds is 7. The number of hydrogen-bond acceptors (Lipinski definition) is 6. The fourth-order valence-electron chi connectivity index (χ4n) is 1.70. The Balaban J connectivity index is 2.99. The first kappa shape index (κ1) is 16.4. The van der Waals surface area contributed by atoms with Gasteiger partial charge in [-0.3, -0.25) is 16.0 Å². The Bertz CT molecular complexity index is 514. The Morgan fingerprint density at radius 2 is 2.21 bits per heavy atom. The van der Waals surface area contributed by atoms with Gasteiger partial charge in [-0.1, -0.05) is 11.6 Å². The minimum atomic E-state index is -3.18. The van der Waals surface area contributed by atoms with Crippen LogP contribution in [-0.2, 0) is 16.4 Å². The molecule has 0 amide bonds. The van der Waals surface area contributed by atoms with Gasteiger partial charge in [0.2, 0.25) is 0 Å². The third kappa shape index (κ3) is 5.07. The summed E-state index contributed by atoms with van der Waals surface area (Å²) in [6.45, 7) is 1.37. The molecule has 0 aliphatic rings. The van der Waals surface area contributed by atoms with Crippen molar-refractivity contribution in [1.82, 2.24) is 20.1 Å². The zero-order chi connectivity index (χ0) is 14.6. The van der Waals surface area contributed by atoms with Crippen LogP contribution in [0.1, 0.15) is 11.7 Å². The SMILES string of the molecule is CN(C)CCn1ncc(Cl)c1C(CS(C)(=O)=O)NN. The standard InChI is InChI=1S/C10H20ClN5O2S/c1-15(2)4-5-16-10(8(11)6-13-16)9(14-12)7-19(3,17)18/h6,9,14H,4-5,7,12H2,1-3H3. The van der Waals surface area contributed by atoms with E-state index < -0.39 is 15.9 Å². The lowest BCUT2D eigenvalue weighted by Gasteiger charge is -2.18. The number of aromatic nitrogens is 2. The zero-order valence-electron chi connectivity index (χ0n) is 11.3. The molecule has 0 bridgehead atoms. The molecule has 0 fully saturated rings. The highest BCUT2D eigenvalue weighted by molar-refractivity contribution is 7.90. The van der Waals surface area contributed by atoms with Gasteiger partial charge in [-0.25, -0.2) is 8.42 Å². The van der Waals surface area contributed by atoms with Crippen LogP contribution in [0.4, 0.5) is 0 Å². The van der Waals surface area contributed by atoms with Gasteiger partial charge in [-0.2, -0.15) is 5.10 Å². The molecule has 1 aromatic rings. The van der Waals surface area contributed by atoms with Gasteiger partial charge >= 0.3 is 0 Å². The van der Waals surface area contributed by atoms with Gasteiger partial charge in [-0.15, -0.1) is 0 Å². The van der Waals surface area contributed by atoms with E-state index in [1.165, 1.54) is 6.20 Å². The minimum Gasteiger partial charge on any atom is -0.308 e. The van der Waals surface area contributed by atoms with Crippen LogP contribution in [0.3, 0.4) is 0 Å². The van der Waals surface area contributed by atoms with Crippen LogP contribution in [0, 0.1) is 0 Å². The quantitative estimate of drug-likeness (QED) is 0.528. The van der Waals surface area contributed by atoms with E-state index in [-0.39, 0.29) is 5.75 Å². The van der Waals surface area contributed by atoms with Crippen LogP contribution in [0.25, 0.3) is 0 Å². The fraction of sp³-hybridized carbons (Fsp3) is 0.700. The fourth-order valence-corrected chi connectivity index (χ4v) is 2.83. The molecule has 110 valence electrons. The molecule has 0 saturated heterocycles. The average Bonchev–Trinajstić information content (AvgIpc) is 2.63. The van der Waals surface area contributed by atoms with Gasteiger partial charge in [0.15, 0.2) is 0 Å². The highest BCUT2D eigenvalue weighted by Gasteiger charge is 2.23. The monoisotopic (exact) mass is 309 g/mol. The number of nitrogens with one attached hydrogen (secondary N) is 1. The van der Waals surface area contributed by atoms with Crippen molar-refractivity contribution < 1.29 is 8.42 Å². The first-order chi connectivity index (χ1) is 8.74. The molecule has 0 radical (unpaired) electrons. The van der Waals surface area contributed by atoms with Crippen molar-refractivity contribution in [3.05, 3.63) is 16.9 Å². The molecule has 3 N–H and O–H groups in total. The Morgan fingerprint density at radius 1 is 1.58 bits per heavy atom. The summed E-state index contributed by atoms with van der Waals surface area (Å²) < 4.78 is 24.5. The van der Waals surface area contributed by atoms with Crippen molar-refractivity contribution in [1.29, 1.82) is 0 Å². The van der Waals surface area contributed by atoms with Crippen LogP contribution in [0.5, 0.6) is 0 Å². The highest BCUT2D eigenvalue weighted by atomic mass is 35.5. The van der Waals surface area contributed by atoms with Gasteiger partial charge < -0.3 is 4.90 Å². The summed E-state index contributed by atoms with van der Waals surface area (Å²) in [5, 5.41) is 4.56.